The Bertz CT molecular complexity index is 625. The Morgan fingerprint density at radius 2 is 1.65 bits per heavy atom. The van der Waals surface area contributed by atoms with Crippen LogP contribution in [0.15, 0.2) is 12.1 Å². The molecule has 0 heterocycles. The van der Waals surface area contributed by atoms with Crippen LogP contribution in [0, 0.1) is 26.7 Å². The van der Waals surface area contributed by atoms with E-state index in [2.05, 4.69) is 10.6 Å². The highest BCUT2D eigenvalue weighted by Gasteiger charge is 2.36. The molecule has 0 atom stereocenters. The summed E-state index contributed by atoms with van der Waals surface area (Å²) >= 11 is 0. The number of hydrogen-bond donors (Lipinski definition) is 3. The van der Waals surface area contributed by atoms with Gasteiger partial charge in [0.15, 0.2) is 0 Å². The summed E-state index contributed by atoms with van der Waals surface area (Å²) in [4.78, 5) is 34.4. The quantitative estimate of drug-likeness (QED) is 0.727. The van der Waals surface area contributed by atoms with E-state index < -0.39 is 23.7 Å². The Morgan fingerprint density at radius 3 is 2.17 bits per heavy atom. The second kappa shape index (κ2) is 6.81. The van der Waals surface area contributed by atoms with E-state index in [-0.39, 0.29) is 6.04 Å². The van der Waals surface area contributed by atoms with Crippen molar-refractivity contribution >= 4 is 17.8 Å². The third-order valence-electron chi connectivity index (χ3n) is 4.29. The standard InChI is InChI=1S/C17H22N2O4/c1-9-4-10(2)14(11(3)5-9)8-18-15(20)16(21)19-13-6-12(7-13)17(22)23/h4-5,12-13H,6-8H2,1-3H3,(H,18,20)(H,19,21)(H,22,23). The van der Waals surface area contributed by atoms with Crippen molar-refractivity contribution in [3.63, 3.8) is 0 Å². The van der Waals surface area contributed by atoms with Crippen molar-refractivity contribution in [3.05, 3.63) is 34.4 Å². The first-order valence-electron chi connectivity index (χ1n) is 7.66. The molecule has 124 valence electrons. The lowest BCUT2D eigenvalue weighted by Gasteiger charge is -2.32. The summed E-state index contributed by atoms with van der Waals surface area (Å²) in [6.45, 7) is 6.26. The molecule has 1 aromatic carbocycles. The molecule has 1 aliphatic carbocycles. The second-order valence-electron chi connectivity index (χ2n) is 6.24. The first-order chi connectivity index (χ1) is 10.8. The average Bonchev–Trinajstić information content (AvgIpc) is 2.39. The number of hydrogen-bond acceptors (Lipinski definition) is 3. The number of aryl methyl sites for hydroxylation is 3. The van der Waals surface area contributed by atoms with Crippen LogP contribution >= 0.6 is 0 Å². The van der Waals surface area contributed by atoms with E-state index in [1.165, 1.54) is 0 Å². The van der Waals surface area contributed by atoms with Crippen LogP contribution in [0.2, 0.25) is 0 Å². The zero-order valence-corrected chi connectivity index (χ0v) is 13.6. The normalized spacial score (nSPS) is 19.6. The van der Waals surface area contributed by atoms with Crippen LogP contribution in [0.3, 0.4) is 0 Å². The maximum Gasteiger partial charge on any atom is 0.309 e. The van der Waals surface area contributed by atoms with Gasteiger partial charge in [0.25, 0.3) is 0 Å². The second-order valence-corrected chi connectivity index (χ2v) is 6.24. The molecular formula is C17H22N2O4. The maximum atomic E-state index is 11.9. The highest BCUT2D eigenvalue weighted by Crippen LogP contribution is 2.27. The molecule has 2 amide bonds. The number of rotatable bonds is 4. The van der Waals surface area contributed by atoms with Gasteiger partial charge in [0.2, 0.25) is 0 Å². The van der Waals surface area contributed by atoms with Crippen LogP contribution in [-0.2, 0) is 20.9 Å². The number of aliphatic carboxylic acids is 1. The first-order valence-corrected chi connectivity index (χ1v) is 7.66. The molecule has 2 rings (SSSR count). The van der Waals surface area contributed by atoms with Crippen molar-refractivity contribution < 1.29 is 19.5 Å². The van der Waals surface area contributed by atoms with Crippen molar-refractivity contribution in [2.75, 3.05) is 0 Å². The SMILES string of the molecule is Cc1cc(C)c(CNC(=O)C(=O)NC2CC(C(=O)O)C2)c(C)c1. The third-order valence-corrected chi connectivity index (χ3v) is 4.29. The van der Waals surface area contributed by atoms with Crippen LogP contribution < -0.4 is 10.6 Å². The number of carbonyl (C=O) groups is 3. The maximum absolute atomic E-state index is 11.9. The molecule has 0 spiro atoms. The molecule has 6 heteroatoms. The predicted octanol–water partition coefficient (Wildman–Crippen LogP) is 1.21. The van der Waals surface area contributed by atoms with Crippen molar-refractivity contribution in [2.45, 2.75) is 46.2 Å². The van der Waals surface area contributed by atoms with Gasteiger partial charge in [-0.05, 0) is 50.3 Å². The summed E-state index contributed by atoms with van der Waals surface area (Å²) in [6, 6.07) is 3.85. The lowest BCUT2D eigenvalue weighted by Crippen LogP contribution is -2.50. The number of carboxylic acids is 1. The Morgan fingerprint density at radius 1 is 1.09 bits per heavy atom. The summed E-state index contributed by atoms with van der Waals surface area (Å²) in [5, 5.41) is 14.0. The number of nitrogens with one attached hydrogen (secondary N) is 2. The average molecular weight is 318 g/mol. The van der Waals surface area contributed by atoms with Crippen LogP contribution in [-0.4, -0.2) is 28.9 Å². The Labute approximate surface area is 135 Å². The van der Waals surface area contributed by atoms with Gasteiger partial charge in [-0.1, -0.05) is 17.7 Å². The third kappa shape index (κ3) is 4.09. The molecule has 1 fully saturated rings. The molecule has 1 aromatic rings. The molecule has 0 saturated heterocycles. The molecule has 6 nitrogen and oxygen atoms in total. The van der Waals surface area contributed by atoms with E-state index in [1.54, 1.807) is 0 Å². The summed E-state index contributed by atoms with van der Waals surface area (Å²) in [5.74, 6) is -2.67. The summed E-state index contributed by atoms with van der Waals surface area (Å²) < 4.78 is 0. The fourth-order valence-corrected chi connectivity index (χ4v) is 2.93. The zero-order valence-electron chi connectivity index (χ0n) is 13.6. The van der Waals surface area contributed by atoms with Gasteiger partial charge in [0.1, 0.15) is 0 Å². The van der Waals surface area contributed by atoms with E-state index in [1.807, 2.05) is 32.9 Å². The smallest absolute Gasteiger partial charge is 0.309 e. The molecule has 0 aliphatic heterocycles. The van der Waals surface area contributed by atoms with Crippen LogP contribution in [0.4, 0.5) is 0 Å². The molecule has 3 N–H and O–H groups in total. The summed E-state index contributed by atoms with van der Waals surface area (Å²) in [7, 11) is 0. The fourth-order valence-electron chi connectivity index (χ4n) is 2.93. The van der Waals surface area contributed by atoms with E-state index in [9.17, 15) is 14.4 Å². The molecule has 0 unspecified atom stereocenters. The Kier molecular flexibility index (Phi) is 5.03. The first kappa shape index (κ1) is 17.0. The number of amides is 2. The van der Waals surface area contributed by atoms with Crippen LogP contribution in [0.25, 0.3) is 0 Å². The van der Waals surface area contributed by atoms with Crippen LogP contribution in [0.5, 0.6) is 0 Å². The molecule has 0 bridgehead atoms. The summed E-state index contributed by atoms with van der Waals surface area (Å²) in [5.41, 5.74) is 4.31. The Balaban J connectivity index is 1.83. The van der Waals surface area contributed by atoms with Crippen molar-refractivity contribution in [1.82, 2.24) is 10.6 Å². The Hall–Kier alpha value is -2.37. The van der Waals surface area contributed by atoms with Gasteiger partial charge in [0.05, 0.1) is 5.92 Å². The van der Waals surface area contributed by atoms with E-state index in [4.69, 9.17) is 5.11 Å². The monoisotopic (exact) mass is 318 g/mol. The molecule has 0 aromatic heterocycles. The minimum absolute atomic E-state index is 0.225. The topological polar surface area (TPSA) is 95.5 Å². The van der Waals surface area contributed by atoms with Gasteiger partial charge in [-0.2, -0.15) is 0 Å². The lowest BCUT2D eigenvalue weighted by molar-refractivity contribution is -0.147. The largest absolute Gasteiger partial charge is 0.481 e. The van der Waals surface area contributed by atoms with Gasteiger partial charge in [0, 0.05) is 12.6 Å². The fraction of sp³-hybridized carbons (Fsp3) is 0.471. The van der Waals surface area contributed by atoms with Gasteiger partial charge in [-0.3, -0.25) is 14.4 Å². The zero-order chi connectivity index (χ0) is 17.1. The van der Waals surface area contributed by atoms with Crippen molar-refractivity contribution in [1.29, 1.82) is 0 Å². The molecular weight excluding hydrogens is 296 g/mol. The van der Waals surface area contributed by atoms with Gasteiger partial charge < -0.3 is 15.7 Å². The lowest BCUT2D eigenvalue weighted by atomic mass is 9.80. The molecule has 1 saturated carbocycles. The van der Waals surface area contributed by atoms with E-state index >= 15 is 0 Å². The highest BCUT2D eigenvalue weighted by molar-refractivity contribution is 6.35. The van der Waals surface area contributed by atoms with Gasteiger partial charge in [-0.25, -0.2) is 0 Å². The van der Waals surface area contributed by atoms with E-state index in [0.717, 1.165) is 22.3 Å². The minimum Gasteiger partial charge on any atom is -0.481 e. The van der Waals surface area contributed by atoms with Crippen molar-refractivity contribution in [2.24, 2.45) is 5.92 Å². The minimum atomic E-state index is -0.856. The van der Waals surface area contributed by atoms with Gasteiger partial charge >= 0.3 is 17.8 Å². The highest BCUT2D eigenvalue weighted by atomic mass is 16.4. The summed E-state index contributed by atoms with van der Waals surface area (Å²) in [6.07, 6.45) is 0.759. The number of benzene rings is 1. The molecule has 0 radical (unpaired) electrons. The number of carbonyl (C=O) groups excluding carboxylic acids is 2. The van der Waals surface area contributed by atoms with E-state index in [0.29, 0.717) is 19.4 Å². The predicted molar refractivity (Wildman–Crippen MR) is 84.8 cm³/mol. The van der Waals surface area contributed by atoms with Gasteiger partial charge in [-0.15, -0.1) is 0 Å². The van der Waals surface area contributed by atoms with Crippen molar-refractivity contribution in [3.8, 4) is 0 Å². The molecule has 1 aliphatic rings. The van der Waals surface area contributed by atoms with Crippen LogP contribution in [0.1, 0.15) is 35.1 Å². The number of carboxylic acid groups (broad SMARTS) is 1. The molecule has 23 heavy (non-hydrogen) atoms.